The third kappa shape index (κ3) is 5.11. The average molecular weight is 463 g/mol. The van der Waals surface area contributed by atoms with Crippen molar-refractivity contribution in [1.29, 1.82) is 0 Å². The van der Waals surface area contributed by atoms with Gasteiger partial charge in [0.25, 0.3) is 0 Å². The molecule has 0 amide bonds. The summed E-state index contributed by atoms with van der Waals surface area (Å²) < 4.78 is 46.5. The van der Waals surface area contributed by atoms with Crippen molar-refractivity contribution in [3.05, 3.63) is 65.7 Å². The lowest BCUT2D eigenvalue weighted by Crippen LogP contribution is -2.38. The first-order valence-corrected chi connectivity index (χ1v) is 11.1. The van der Waals surface area contributed by atoms with E-state index in [0.717, 1.165) is 4.31 Å². The molecule has 0 radical (unpaired) electrons. The van der Waals surface area contributed by atoms with Crippen LogP contribution in [0, 0.1) is 0 Å². The number of rotatable bonds is 9. The second-order valence-corrected chi connectivity index (χ2v) is 9.19. The first kappa shape index (κ1) is 23.4. The minimum Gasteiger partial charge on any atom is -0.494 e. The van der Waals surface area contributed by atoms with Crippen LogP contribution in [0.5, 0.6) is 0 Å². The Morgan fingerprint density at radius 2 is 2.22 bits per heavy atom. The summed E-state index contributed by atoms with van der Waals surface area (Å²) in [7, 11) is -4.03. The number of hydrogen-bond acceptors (Lipinski definition) is 6. The van der Waals surface area contributed by atoms with Gasteiger partial charge in [0.2, 0.25) is 15.7 Å². The van der Waals surface area contributed by atoms with Gasteiger partial charge >= 0.3 is 5.97 Å². The number of aromatic amines is 1. The normalized spacial score (nSPS) is 20.3. The van der Waals surface area contributed by atoms with Crippen molar-refractivity contribution in [3.8, 4) is 0 Å². The van der Waals surface area contributed by atoms with E-state index in [1.54, 1.807) is 43.5 Å². The van der Waals surface area contributed by atoms with Gasteiger partial charge in [-0.05, 0) is 49.6 Å². The molecule has 2 N–H and O–H groups in total. The Morgan fingerprint density at radius 3 is 2.84 bits per heavy atom. The fourth-order valence-corrected chi connectivity index (χ4v) is 4.69. The van der Waals surface area contributed by atoms with Crippen LogP contribution in [0.1, 0.15) is 24.6 Å². The van der Waals surface area contributed by atoms with Crippen molar-refractivity contribution in [3.63, 3.8) is 0 Å². The Bertz CT molecular complexity index is 1160. The number of H-pyrrole nitrogens is 1. The van der Waals surface area contributed by atoms with Crippen molar-refractivity contribution < 1.29 is 27.4 Å². The maximum atomic E-state index is 14.3. The summed E-state index contributed by atoms with van der Waals surface area (Å²) in [5.41, 5.74) is -0.709. The van der Waals surface area contributed by atoms with Gasteiger partial charge in [0.05, 0.1) is 28.6 Å². The van der Waals surface area contributed by atoms with Gasteiger partial charge < -0.3 is 9.84 Å². The van der Waals surface area contributed by atoms with Crippen molar-refractivity contribution in [1.82, 2.24) is 14.5 Å². The molecule has 2 heterocycles. The number of halogens is 1. The monoisotopic (exact) mass is 462 g/mol. The smallest absolute Gasteiger partial charge is 0.342 e. The number of aromatic nitrogens is 2. The van der Waals surface area contributed by atoms with E-state index >= 15 is 0 Å². The minimum absolute atomic E-state index is 0.0489. The molecule has 3 rings (SSSR count). The molecule has 1 fully saturated rings. The standard InChI is InChI=1S/C21H23FN4O5S/c1-15(6-7-18(23-2)19-8-10-24-25-19)31-13-16-4-3-5-17(12-16)32(29,30)26-11-9-21(22,14-26)20(27)28/h3-8,10,12H,2,9,11,13-14H2,1H3,(H,24,25)(H,27,28)/b15-6+,18-7-. The molecule has 1 aliphatic rings. The van der Waals surface area contributed by atoms with Crippen LogP contribution >= 0.6 is 0 Å². The molecular formula is C21H23FN4O5S. The van der Waals surface area contributed by atoms with E-state index in [1.807, 2.05) is 0 Å². The molecule has 1 saturated heterocycles. The number of benzene rings is 1. The Morgan fingerprint density at radius 1 is 1.44 bits per heavy atom. The molecule has 11 heteroatoms. The second kappa shape index (κ2) is 9.45. The number of carboxylic acid groups (broad SMARTS) is 1. The molecular weight excluding hydrogens is 439 g/mol. The van der Waals surface area contributed by atoms with E-state index in [-0.39, 0.29) is 24.5 Å². The summed E-state index contributed by atoms with van der Waals surface area (Å²) >= 11 is 0. The van der Waals surface area contributed by atoms with E-state index in [9.17, 15) is 17.6 Å². The lowest BCUT2D eigenvalue weighted by atomic mass is 10.1. The van der Waals surface area contributed by atoms with Gasteiger partial charge in [0, 0.05) is 19.2 Å². The molecule has 0 spiro atoms. The van der Waals surface area contributed by atoms with Crippen molar-refractivity contribution in [2.45, 2.75) is 30.5 Å². The molecule has 2 aromatic rings. The van der Waals surface area contributed by atoms with E-state index < -0.39 is 28.2 Å². The second-order valence-electron chi connectivity index (χ2n) is 7.25. The summed E-state index contributed by atoms with van der Waals surface area (Å²) in [6, 6.07) is 7.82. The highest BCUT2D eigenvalue weighted by atomic mass is 32.2. The zero-order valence-electron chi connectivity index (χ0n) is 17.4. The van der Waals surface area contributed by atoms with Crippen LogP contribution < -0.4 is 0 Å². The zero-order chi connectivity index (χ0) is 23.4. The number of alkyl halides is 1. The number of allylic oxidation sites excluding steroid dienone is 3. The molecule has 0 bridgehead atoms. The first-order chi connectivity index (χ1) is 15.2. The summed E-state index contributed by atoms with van der Waals surface area (Å²) in [5.74, 6) is -1.10. The Kier molecular flexibility index (Phi) is 6.90. The molecule has 1 aliphatic heterocycles. The topological polar surface area (TPSA) is 125 Å². The number of carboxylic acids is 1. The molecule has 9 nitrogen and oxygen atoms in total. The van der Waals surface area contributed by atoms with Gasteiger partial charge in [-0.1, -0.05) is 12.1 Å². The fourth-order valence-electron chi connectivity index (χ4n) is 3.13. The number of aliphatic carboxylic acids is 1. The highest BCUT2D eigenvalue weighted by Gasteiger charge is 2.49. The van der Waals surface area contributed by atoms with E-state index in [1.165, 1.54) is 12.1 Å². The molecule has 170 valence electrons. The largest absolute Gasteiger partial charge is 0.494 e. The molecule has 32 heavy (non-hydrogen) atoms. The summed E-state index contributed by atoms with van der Waals surface area (Å²) in [6.45, 7) is 4.45. The van der Waals surface area contributed by atoms with Crippen LogP contribution in [-0.2, 0) is 26.2 Å². The van der Waals surface area contributed by atoms with Gasteiger partial charge in [0.1, 0.15) is 6.61 Å². The maximum absolute atomic E-state index is 14.3. The van der Waals surface area contributed by atoms with Crippen LogP contribution in [0.3, 0.4) is 0 Å². The van der Waals surface area contributed by atoms with E-state index in [2.05, 4.69) is 21.9 Å². The molecule has 0 aliphatic carbocycles. The van der Waals surface area contributed by atoms with Gasteiger partial charge in [-0.2, -0.15) is 9.40 Å². The number of aliphatic imine (C=N–C) groups is 1. The highest BCUT2D eigenvalue weighted by Crippen LogP contribution is 2.30. The fraction of sp³-hybridized carbons (Fsp3) is 0.286. The Hall–Kier alpha value is -3.31. The van der Waals surface area contributed by atoms with Crippen LogP contribution in [0.15, 0.2) is 64.3 Å². The van der Waals surface area contributed by atoms with Gasteiger partial charge in [-0.3, -0.25) is 10.1 Å². The number of sulfonamides is 1. The zero-order valence-corrected chi connectivity index (χ0v) is 18.2. The van der Waals surface area contributed by atoms with Gasteiger partial charge in [-0.15, -0.1) is 0 Å². The van der Waals surface area contributed by atoms with Gasteiger partial charge in [0.15, 0.2) is 0 Å². The van der Waals surface area contributed by atoms with Gasteiger partial charge in [-0.25, -0.2) is 17.6 Å². The minimum atomic E-state index is -4.03. The predicted octanol–water partition coefficient (Wildman–Crippen LogP) is 2.76. The summed E-state index contributed by atoms with van der Waals surface area (Å²) in [4.78, 5) is 15.0. The molecule has 1 atom stereocenters. The average Bonchev–Trinajstić information content (AvgIpc) is 3.44. The molecule has 0 saturated carbocycles. The van der Waals surface area contributed by atoms with Crippen LogP contribution in [0.2, 0.25) is 0 Å². The third-order valence-corrected chi connectivity index (χ3v) is 6.83. The number of carbonyl (C=O) groups is 1. The summed E-state index contributed by atoms with van der Waals surface area (Å²) in [5, 5.41) is 15.6. The first-order valence-electron chi connectivity index (χ1n) is 9.65. The SMILES string of the molecule is C=N/C(=C\C=C(/C)OCc1cccc(S(=O)(=O)N2CCC(F)(C(=O)O)C2)c1)c1ccn[nH]1. The van der Waals surface area contributed by atoms with Crippen molar-refractivity contribution in [2.24, 2.45) is 4.99 Å². The van der Waals surface area contributed by atoms with Crippen LogP contribution in [-0.4, -0.2) is 59.5 Å². The molecule has 1 aromatic heterocycles. The molecule has 1 aromatic carbocycles. The van der Waals surface area contributed by atoms with E-state index in [4.69, 9.17) is 9.84 Å². The lowest BCUT2D eigenvalue weighted by Gasteiger charge is -2.18. The van der Waals surface area contributed by atoms with Crippen LogP contribution in [0.25, 0.3) is 5.70 Å². The highest BCUT2D eigenvalue weighted by molar-refractivity contribution is 7.89. The van der Waals surface area contributed by atoms with Crippen LogP contribution in [0.4, 0.5) is 4.39 Å². The lowest BCUT2D eigenvalue weighted by molar-refractivity contribution is -0.149. The summed E-state index contributed by atoms with van der Waals surface area (Å²) in [6.07, 6.45) is 4.61. The number of ether oxygens (including phenoxy) is 1. The number of nitrogens with one attached hydrogen (secondary N) is 1. The maximum Gasteiger partial charge on any atom is 0.342 e. The predicted molar refractivity (Wildman–Crippen MR) is 116 cm³/mol. The quantitative estimate of drug-likeness (QED) is 0.335. The van der Waals surface area contributed by atoms with E-state index in [0.29, 0.717) is 22.7 Å². The Labute approximate surface area is 185 Å². The van der Waals surface area contributed by atoms with Crippen molar-refractivity contribution in [2.75, 3.05) is 13.1 Å². The van der Waals surface area contributed by atoms with Crippen molar-refractivity contribution >= 4 is 28.4 Å². The molecule has 1 unspecified atom stereocenters. The number of hydrogen-bond donors (Lipinski definition) is 2. The Balaban J connectivity index is 1.69. The third-order valence-electron chi connectivity index (χ3n) is 4.99. The number of nitrogens with zero attached hydrogens (tertiary/aromatic N) is 3.